The number of nitrogens with one attached hydrogen (secondary N) is 1. The van der Waals surface area contributed by atoms with Crippen molar-refractivity contribution in [3.05, 3.63) is 58.9 Å². The molecule has 0 aliphatic heterocycles. The van der Waals surface area contributed by atoms with E-state index in [1.165, 1.54) is 30.5 Å². The van der Waals surface area contributed by atoms with Gasteiger partial charge in [0.1, 0.15) is 5.75 Å². The SMILES string of the molecule is I.NC(=NCc1ccc(OC(F)(F)F)cc1)NCc1ccc(Cl)cn1. The van der Waals surface area contributed by atoms with Gasteiger partial charge in [-0.2, -0.15) is 0 Å². The number of guanidine groups is 1. The van der Waals surface area contributed by atoms with Gasteiger partial charge in [0.25, 0.3) is 0 Å². The van der Waals surface area contributed by atoms with E-state index in [0.29, 0.717) is 17.1 Å². The van der Waals surface area contributed by atoms with Crippen LogP contribution >= 0.6 is 35.6 Å². The van der Waals surface area contributed by atoms with Gasteiger partial charge in [0.05, 0.1) is 23.8 Å². The Morgan fingerprint density at radius 2 is 1.88 bits per heavy atom. The topological polar surface area (TPSA) is 72.5 Å². The number of alkyl halides is 3. The summed E-state index contributed by atoms with van der Waals surface area (Å²) in [5, 5.41) is 3.42. The third-order valence-corrected chi connectivity index (χ3v) is 3.05. The Morgan fingerprint density at radius 1 is 1.20 bits per heavy atom. The van der Waals surface area contributed by atoms with Crippen LogP contribution in [0.1, 0.15) is 11.3 Å². The van der Waals surface area contributed by atoms with E-state index < -0.39 is 6.36 Å². The molecule has 0 fully saturated rings. The molecule has 25 heavy (non-hydrogen) atoms. The van der Waals surface area contributed by atoms with E-state index in [0.717, 1.165) is 5.69 Å². The summed E-state index contributed by atoms with van der Waals surface area (Å²) in [7, 11) is 0. The highest BCUT2D eigenvalue weighted by Gasteiger charge is 2.30. The summed E-state index contributed by atoms with van der Waals surface area (Å²) in [6.07, 6.45) is -3.18. The van der Waals surface area contributed by atoms with Gasteiger partial charge in [-0.25, -0.2) is 4.99 Å². The highest BCUT2D eigenvalue weighted by atomic mass is 127. The number of aliphatic imine (C=N–C) groups is 1. The molecule has 0 aliphatic carbocycles. The minimum absolute atomic E-state index is 0. The maximum absolute atomic E-state index is 12.1. The molecule has 1 aromatic heterocycles. The lowest BCUT2D eigenvalue weighted by Gasteiger charge is -2.09. The lowest BCUT2D eigenvalue weighted by molar-refractivity contribution is -0.274. The van der Waals surface area contributed by atoms with E-state index >= 15 is 0 Å². The fraction of sp³-hybridized carbons (Fsp3) is 0.200. The fourth-order valence-electron chi connectivity index (χ4n) is 1.72. The zero-order chi connectivity index (χ0) is 17.6. The van der Waals surface area contributed by atoms with Crippen LogP contribution in [-0.4, -0.2) is 17.3 Å². The first-order valence-electron chi connectivity index (χ1n) is 6.81. The molecule has 0 atom stereocenters. The van der Waals surface area contributed by atoms with Crippen LogP contribution < -0.4 is 15.8 Å². The first kappa shape index (κ1) is 21.3. The third kappa shape index (κ3) is 8.25. The molecule has 0 bridgehead atoms. The molecular formula is C15H15ClF3IN4O. The quantitative estimate of drug-likeness (QED) is 0.383. The Kier molecular flexibility index (Phi) is 8.23. The van der Waals surface area contributed by atoms with Crippen molar-refractivity contribution in [1.82, 2.24) is 10.3 Å². The van der Waals surface area contributed by atoms with Crippen molar-refractivity contribution in [3.8, 4) is 5.75 Å². The third-order valence-electron chi connectivity index (χ3n) is 2.83. The Hall–Kier alpha value is -1.75. The highest BCUT2D eigenvalue weighted by molar-refractivity contribution is 14.0. The van der Waals surface area contributed by atoms with E-state index in [-0.39, 0.29) is 42.2 Å². The molecule has 0 saturated carbocycles. The molecule has 0 saturated heterocycles. The maximum atomic E-state index is 12.1. The van der Waals surface area contributed by atoms with Crippen LogP contribution in [0.15, 0.2) is 47.6 Å². The normalized spacial score (nSPS) is 11.6. The number of nitrogens with two attached hydrogens (primary N) is 1. The predicted molar refractivity (Wildman–Crippen MR) is 100.0 cm³/mol. The van der Waals surface area contributed by atoms with Crippen molar-refractivity contribution < 1.29 is 17.9 Å². The van der Waals surface area contributed by atoms with E-state index in [9.17, 15) is 13.2 Å². The molecule has 3 N–H and O–H groups in total. The standard InChI is InChI=1S/C15H14ClF3N4O.HI/c16-11-3-4-12(21-8-11)9-23-14(20)22-7-10-1-5-13(6-2-10)24-15(17,18)19;/h1-6,8H,7,9H2,(H3,20,22,23);1H. The van der Waals surface area contributed by atoms with Crippen molar-refractivity contribution >= 4 is 41.5 Å². The number of rotatable bonds is 5. The van der Waals surface area contributed by atoms with Crippen molar-refractivity contribution in [2.45, 2.75) is 19.5 Å². The molecule has 2 rings (SSSR count). The van der Waals surface area contributed by atoms with Gasteiger partial charge in [-0.05, 0) is 29.8 Å². The number of ether oxygens (including phenoxy) is 1. The van der Waals surface area contributed by atoms with Crippen molar-refractivity contribution in [2.75, 3.05) is 0 Å². The monoisotopic (exact) mass is 486 g/mol. The van der Waals surface area contributed by atoms with Crippen molar-refractivity contribution in [2.24, 2.45) is 10.7 Å². The molecule has 1 aromatic carbocycles. The number of halogens is 5. The minimum Gasteiger partial charge on any atom is -0.406 e. The molecule has 0 radical (unpaired) electrons. The molecule has 136 valence electrons. The highest BCUT2D eigenvalue weighted by Crippen LogP contribution is 2.22. The van der Waals surface area contributed by atoms with Gasteiger partial charge in [-0.3, -0.25) is 4.98 Å². The largest absolute Gasteiger partial charge is 0.573 e. The second-order valence-corrected chi connectivity index (χ2v) is 5.15. The smallest absolute Gasteiger partial charge is 0.406 e. The maximum Gasteiger partial charge on any atom is 0.573 e. The average molecular weight is 487 g/mol. The first-order chi connectivity index (χ1) is 11.3. The summed E-state index contributed by atoms with van der Waals surface area (Å²) in [6, 6.07) is 8.88. The van der Waals surface area contributed by atoms with E-state index in [4.69, 9.17) is 17.3 Å². The van der Waals surface area contributed by atoms with Gasteiger partial charge in [0.2, 0.25) is 0 Å². The van der Waals surface area contributed by atoms with Gasteiger partial charge < -0.3 is 15.8 Å². The molecule has 0 spiro atoms. The van der Waals surface area contributed by atoms with E-state index in [1.54, 1.807) is 12.1 Å². The summed E-state index contributed by atoms with van der Waals surface area (Å²) in [6.45, 7) is 0.601. The van der Waals surface area contributed by atoms with Crippen molar-refractivity contribution in [3.63, 3.8) is 0 Å². The number of hydrogen-bond acceptors (Lipinski definition) is 3. The molecule has 0 unspecified atom stereocenters. The van der Waals surface area contributed by atoms with E-state index in [1.807, 2.05) is 0 Å². The lowest BCUT2D eigenvalue weighted by atomic mass is 10.2. The summed E-state index contributed by atoms with van der Waals surface area (Å²) < 4.78 is 40.0. The zero-order valence-electron chi connectivity index (χ0n) is 12.8. The second kappa shape index (κ2) is 9.66. The van der Waals surface area contributed by atoms with Crippen LogP contribution in [0.4, 0.5) is 13.2 Å². The molecular weight excluding hydrogens is 472 g/mol. The van der Waals surface area contributed by atoms with Crippen molar-refractivity contribution in [1.29, 1.82) is 0 Å². The molecule has 10 heteroatoms. The van der Waals surface area contributed by atoms with Crippen LogP contribution in [0.3, 0.4) is 0 Å². The first-order valence-corrected chi connectivity index (χ1v) is 7.18. The molecule has 1 heterocycles. The summed E-state index contributed by atoms with van der Waals surface area (Å²) in [5.74, 6) is -0.0856. The Labute approximate surface area is 164 Å². The lowest BCUT2D eigenvalue weighted by Crippen LogP contribution is -2.31. The number of benzene rings is 1. The Balaban J connectivity index is 0.00000312. The van der Waals surface area contributed by atoms with Crippen LogP contribution in [0.5, 0.6) is 5.75 Å². The molecule has 0 aliphatic rings. The number of aromatic nitrogens is 1. The van der Waals surface area contributed by atoms with Gasteiger partial charge in [0, 0.05) is 6.20 Å². The minimum atomic E-state index is -4.70. The Morgan fingerprint density at radius 3 is 2.44 bits per heavy atom. The van der Waals surface area contributed by atoms with Gasteiger partial charge in [0.15, 0.2) is 5.96 Å². The van der Waals surface area contributed by atoms with Gasteiger partial charge in [-0.15, -0.1) is 37.1 Å². The molecule has 2 aromatic rings. The van der Waals surface area contributed by atoms with Crippen LogP contribution in [0.25, 0.3) is 0 Å². The zero-order valence-corrected chi connectivity index (χ0v) is 15.8. The summed E-state index contributed by atoms with van der Waals surface area (Å²) >= 11 is 5.74. The summed E-state index contributed by atoms with van der Waals surface area (Å²) in [4.78, 5) is 8.19. The van der Waals surface area contributed by atoms with Crippen LogP contribution in [0.2, 0.25) is 5.02 Å². The predicted octanol–water partition coefficient (Wildman–Crippen LogP) is 3.86. The number of pyridine rings is 1. The molecule has 5 nitrogen and oxygen atoms in total. The average Bonchev–Trinajstić information content (AvgIpc) is 2.52. The number of hydrogen-bond donors (Lipinski definition) is 2. The second-order valence-electron chi connectivity index (χ2n) is 4.71. The molecule has 0 amide bonds. The fourth-order valence-corrected chi connectivity index (χ4v) is 1.83. The van der Waals surface area contributed by atoms with Gasteiger partial charge >= 0.3 is 6.36 Å². The van der Waals surface area contributed by atoms with Crippen LogP contribution in [0, 0.1) is 0 Å². The van der Waals surface area contributed by atoms with Crippen LogP contribution in [-0.2, 0) is 13.1 Å². The Bertz CT molecular complexity index is 693. The van der Waals surface area contributed by atoms with Gasteiger partial charge in [-0.1, -0.05) is 23.7 Å². The number of nitrogens with zero attached hydrogens (tertiary/aromatic N) is 2. The summed E-state index contributed by atoms with van der Waals surface area (Å²) in [5.41, 5.74) is 7.16. The van der Waals surface area contributed by atoms with E-state index in [2.05, 4.69) is 20.0 Å².